The SMILES string of the molecule is CCOc1cccc(N2C(=O)C(=O)/C(=C(/O)c3cc(OC)ccc3Cl)C2c2ccncc2)c1. The Kier molecular flexibility index (Phi) is 6.33. The van der Waals surface area contributed by atoms with Gasteiger partial charge in [-0.15, -0.1) is 0 Å². The Morgan fingerprint density at radius 3 is 2.55 bits per heavy atom. The van der Waals surface area contributed by atoms with Gasteiger partial charge in [-0.05, 0) is 55.0 Å². The average molecular weight is 465 g/mol. The number of Topliss-reactive ketones (excluding diaryl/α,β-unsaturated/α-hetero) is 1. The number of hydrogen-bond donors (Lipinski definition) is 1. The van der Waals surface area contributed by atoms with Gasteiger partial charge < -0.3 is 14.6 Å². The molecule has 0 aliphatic carbocycles. The number of carbonyl (C=O) groups is 2. The first kappa shape index (κ1) is 22.4. The summed E-state index contributed by atoms with van der Waals surface area (Å²) < 4.78 is 10.8. The van der Waals surface area contributed by atoms with Crippen molar-refractivity contribution in [3.05, 3.63) is 88.7 Å². The van der Waals surface area contributed by atoms with Gasteiger partial charge in [-0.25, -0.2) is 0 Å². The Labute approximate surface area is 195 Å². The maximum atomic E-state index is 13.2. The summed E-state index contributed by atoms with van der Waals surface area (Å²) in [5, 5.41) is 11.5. The second kappa shape index (κ2) is 9.34. The van der Waals surface area contributed by atoms with E-state index in [1.807, 2.05) is 6.92 Å². The van der Waals surface area contributed by atoms with Gasteiger partial charge in [-0.2, -0.15) is 0 Å². The number of anilines is 1. The van der Waals surface area contributed by atoms with Crippen LogP contribution in [0.15, 0.2) is 72.6 Å². The summed E-state index contributed by atoms with van der Waals surface area (Å²) in [6.07, 6.45) is 3.12. The predicted octanol–water partition coefficient (Wildman–Crippen LogP) is 4.77. The molecule has 1 atom stereocenters. The van der Waals surface area contributed by atoms with Crippen LogP contribution in [0.5, 0.6) is 11.5 Å². The van der Waals surface area contributed by atoms with Crippen LogP contribution in [0, 0.1) is 0 Å². The molecule has 1 fully saturated rings. The number of aliphatic hydroxyl groups excluding tert-OH is 1. The fourth-order valence-electron chi connectivity index (χ4n) is 3.81. The van der Waals surface area contributed by atoms with Crippen LogP contribution in [0.2, 0.25) is 5.02 Å². The first-order valence-electron chi connectivity index (χ1n) is 10.2. The lowest BCUT2D eigenvalue weighted by Gasteiger charge is -2.25. The van der Waals surface area contributed by atoms with Gasteiger partial charge in [0, 0.05) is 29.7 Å². The van der Waals surface area contributed by atoms with Crippen LogP contribution in [0.1, 0.15) is 24.1 Å². The minimum Gasteiger partial charge on any atom is -0.507 e. The molecule has 8 heteroatoms. The summed E-state index contributed by atoms with van der Waals surface area (Å²) in [6.45, 7) is 2.30. The number of amides is 1. The number of hydrogen-bond acceptors (Lipinski definition) is 6. The average Bonchev–Trinajstić information content (AvgIpc) is 3.10. The molecule has 1 amide bonds. The molecule has 0 bridgehead atoms. The van der Waals surface area contributed by atoms with Gasteiger partial charge in [0.05, 0.1) is 30.4 Å². The number of ether oxygens (including phenoxy) is 2. The number of pyridine rings is 1. The second-order valence-corrected chi connectivity index (χ2v) is 7.63. The summed E-state index contributed by atoms with van der Waals surface area (Å²) >= 11 is 6.33. The van der Waals surface area contributed by atoms with E-state index in [1.165, 1.54) is 18.1 Å². The lowest BCUT2D eigenvalue weighted by Crippen LogP contribution is -2.29. The summed E-state index contributed by atoms with van der Waals surface area (Å²) in [4.78, 5) is 31.8. The molecule has 2 aromatic carbocycles. The van der Waals surface area contributed by atoms with Crippen molar-refractivity contribution in [2.24, 2.45) is 0 Å². The standard InChI is InChI=1S/C25H21ClN2O5/c1-3-33-18-6-4-5-16(13-18)28-22(15-9-11-27-12-10-15)21(24(30)25(28)31)23(29)19-14-17(32-2)7-8-20(19)26/h4-14,22,29H,3H2,1-2H3/b23-21+. The Bertz CT molecular complexity index is 1240. The molecular formula is C25H21ClN2O5. The van der Waals surface area contributed by atoms with E-state index in [-0.39, 0.29) is 21.9 Å². The molecule has 0 spiro atoms. The Morgan fingerprint density at radius 2 is 1.85 bits per heavy atom. The number of ketones is 1. The van der Waals surface area contributed by atoms with Crippen molar-refractivity contribution in [3.8, 4) is 11.5 Å². The highest BCUT2D eigenvalue weighted by Crippen LogP contribution is 2.43. The van der Waals surface area contributed by atoms with Crippen LogP contribution in [-0.4, -0.2) is 35.5 Å². The van der Waals surface area contributed by atoms with Crippen LogP contribution in [-0.2, 0) is 9.59 Å². The van der Waals surface area contributed by atoms with Crippen molar-refractivity contribution in [1.82, 2.24) is 4.98 Å². The van der Waals surface area contributed by atoms with E-state index >= 15 is 0 Å². The zero-order valence-electron chi connectivity index (χ0n) is 18.0. The van der Waals surface area contributed by atoms with Crippen LogP contribution in [0.25, 0.3) is 5.76 Å². The van der Waals surface area contributed by atoms with E-state index in [9.17, 15) is 14.7 Å². The molecule has 168 valence electrons. The maximum Gasteiger partial charge on any atom is 0.300 e. The third-order valence-electron chi connectivity index (χ3n) is 5.30. The third-order valence-corrected chi connectivity index (χ3v) is 5.63. The molecule has 33 heavy (non-hydrogen) atoms. The highest BCUT2D eigenvalue weighted by Gasteiger charge is 2.47. The molecule has 1 aliphatic rings. The van der Waals surface area contributed by atoms with Gasteiger partial charge >= 0.3 is 0 Å². The molecule has 0 radical (unpaired) electrons. The second-order valence-electron chi connectivity index (χ2n) is 7.23. The lowest BCUT2D eigenvalue weighted by atomic mass is 9.95. The van der Waals surface area contributed by atoms with Gasteiger partial charge in [0.25, 0.3) is 11.7 Å². The predicted molar refractivity (Wildman–Crippen MR) is 125 cm³/mol. The van der Waals surface area contributed by atoms with E-state index < -0.39 is 17.7 Å². The number of nitrogens with zero attached hydrogens (tertiary/aromatic N) is 2. The number of carbonyl (C=O) groups excluding carboxylic acids is 2. The zero-order valence-corrected chi connectivity index (χ0v) is 18.7. The fraction of sp³-hybridized carbons (Fsp3) is 0.160. The molecular weight excluding hydrogens is 444 g/mol. The molecule has 1 N–H and O–H groups in total. The Hall–Kier alpha value is -3.84. The van der Waals surface area contributed by atoms with Crippen molar-refractivity contribution in [1.29, 1.82) is 0 Å². The number of aromatic nitrogens is 1. The molecule has 1 unspecified atom stereocenters. The van der Waals surface area contributed by atoms with Gasteiger partial charge in [-0.3, -0.25) is 19.5 Å². The zero-order chi connectivity index (χ0) is 23.5. The quantitative estimate of drug-likeness (QED) is 0.321. The molecule has 1 aliphatic heterocycles. The van der Waals surface area contributed by atoms with Crippen LogP contribution in [0.4, 0.5) is 5.69 Å². The van der Waals surface area contributed by atoms with Crippen molar-refractivity contribution in [3.63, 3.8) is 0 Å². The maximum absolute atomic E-state index is 13.2. The van der Waals surface area contributed by atoms with Gasteiger partial charge in [0.2, 0.25) is 0 Å². The van der Waals surface area contributed by atoms with Crippen LogP contribution in [0.3, 0.4) is 0 Å². The summed E-state index contributed by atoms with van der Waals surface area (Å²) in [5.41, 5.74) is 1.17. The molecule has 2 heterocycles. The number of aliphatic hydroxyl groups is 1. The molecule has 4 rings (SSSR count). The number of methoxy groups -OCH3 is 1. The van der Waals surface area contributed by atoms with Crippen molar-refractivity contribution in [2.45, 2.75) is 13.0 Å². The summed E-state index contributed by atoms with van der Waals surface area (Å²) in [5.74, 6) is -0.982. The largest absolute Gasteiger partial charge is 0.507 e. The van der Waals surface area contributed by atoms with Crippen molar-refractivity contribution >= 4 is 34.7 Å². The molecule has 3 aromatic rings. The van der Waals surface area contributed by atoms with E-state index in [0.717, 1.165) is 0 Å². The third kappa shape index (κ3) is 4.15. The van der Waals surface area contributed by atoms with Crippen LogP contribution >= 0.6 is 11.6 Å². The van der Waals surface area contributed by atoms with Crippen molar-refractivity contribution < 1.29 is 24.2 Å². The monoisotopic (exact) mass is 464 g/mol. The van der Waals surface area contributed by atoms with E-state index in [0.29, 0.717) is 29.4 Å². The first-order chi connectivity index (χ1) is 16.0. The normalized spacial score (nSPS) is 17.3. The highest BCUT2D eigenvalue weighted by molar-refractivity contribution is 6.52. The molecule has 1 saturated heterocycles. The molecule has 7 nitrogen and oxygen atoms in total. The topological polar surface area (TPSA) is 89.0 Å². The van der Waals surface area contributed by atoms with Crippen LogP contribution < -0.4 is 14.4 Å². The Morgan fingerprint density at radius 1 is 1.09 bits per heavy atom. The highest BCUT2D eigenvalue weighted by atomic mass is 35.5. The van der Waals surface area contributed by atoms with E-state index in [2.05, 4.69) is 4.98 Å². The van der Waals surface area contributed by atoms with E-state index in [4.69, 9.17) is 21.1 Å². The number of benzene rings is 2. The number of halogens is 1. The van der Waals surface area contributed by atoms with Gasteiger partial charge in [0.1, 0.15) is 17.3 Å². The molecule has 1 aromatic heterocycles. The minimum absolute atomic E-state index is 0.0804. The van der Waals surface area contributed by atoms with Gasteiger partial charge in [0.15, 0.2) is 0 Å². The summed E-state index contributed by atoms with van der Waals surface area (Å²) in [7, 11) is 1.48. The smallest absolute Gasteiger partial charge is 0.300 e. The first-order valence-corrected chi connectivity index (χ1v) is 10.6. The van der Waals surface area contributed by atoms with Crippen molar-refractivity contribution in [2.75, 3.05) is 18.6 Å². The van der Waals surface area contributed by atoms with E-state index in [1.54, 1.807) is 60.9 Å². The Balaban J connectivity index is 1.94. The fourth-order valence-corrected chi connectivity index (χ4v) is 4.01. The minimum atomic E-state index is -0.896. The number of rotatable bonds is 6. The van der Waals surface area contributed by atoms with Gasteiger partial charge in [-0.1, -0.05) is 17.7 Å². The molecule has 0 saturated carbocycles. The summed E-state index contributed by atoms with van der Waals surface area (Å²) in [6, 6.07) is 14.1. The lowest BCUT2D eigenvalue weighted by molar-refractivity contribution is -0.132.